The van der Waals surface area contributed by atoms with Gasteiger partial charge in [0.05, 0.1) is 31.1 Å². The Kier molecular flexibility index (Phi) is 3.91. The molecule has 1 fully saturated rings. The van der Waals surface area contributed by atoms with Gasteiger partial charge in [0, 0.05) is 11.4 Å². The molecular formula is C12H15NO3S. The average Bonchev–Trinajstić information content (AvgIpc) is 2.26. The Bertz CT molecular complexity index is 418. The highest BCUT2D eigenvalue weighted by atomic mass is 32.2. The van der Waals surface area contributed by atoms with E-state index in [-0.39, 0.29) is 5.97 Å². The molecule has 0 spiro atoms. The number of esters is 1. The van der Waals surface area contributed by atoms with E-state index >= 15 is 0 Å². The number of hydrogen-bond acceptors (Lipinski definition) is 5. The molecule has 1 saturated heterocycles. The molecule has 0 unspecified atom stereocenters. The van der Waals surface area contributed by atoms with Gasteiger partial charge in [0.25, 0.3) is 0 Å². The van der Waals surface area contributed by atoms with Gasteiger partial charge in [-0.3, -0.25) is 0 Å². The van der Waals surface area contributed by atoms with E-state index in [2.05, 4.69) is 0 Å². The number of benzene rings is 1. The fourth-order valence-electron chi connectivity index (χ4n) is 1.61. The van der Waals surface area contributed by atoms with Crippen molar-refractivity contribution in [1.82, 2.24) is 0 Å². The minimum atomic E-state index is -0.372. The van der Waals surface area contributed by atoms with Crippen LogP contribution in [0.5, 0.6) is 0 Å². The zero-order chi connectivity index (χ0) is 12.3. The van der Waals surface area contributed by atoms with Crippen LogP contribution < -0.4 is 5.73 Å². The molecule has 0 aromatic heterocycles. The van der Waals surface area contributed by atoms with Crippen LogP contribution in [-0.2, 0) is 15.2 Å². The number of carbonyl (C=O) groups is 1. The summed E-state index contributed by atoms with van der Waals surface area (Å²) in [5.74, 6) is 0.382. The summed E-state index contributed by atoms with van der Waals surface area (Å²) in [6.07, 6.45) is 0. The molecule has 0 aliphatic carbocycles. The molecule has 1 aromatic rings. The number of carbonyl (C=O) groups excluding carboxylic acids is 1. The summed E-state index contributed by atoms with van der Waals surface area (Å²) in [7, 11) is 1.37. The smallest absolute Gasteiger partial charge is 0.340 e. The van der Waals surface area contributed by atoms with Gasteiger partial charge < -0.3 is 15.2 Å². The van der Waals surface area contributed by atoms with Crippen molar-refractivity contribution in [2.75, 3.05) is 26.1 Å². The third-order valence-corrected chi connectivity index (χ3v) is 3.88. The molecule has 1 heterocycles. The first-order valence-electron chi connectivity index (χ1n) is 5.37. The number of methoxy groups -OCH3 is 1. The molecule has 0 amide bonds. The third kappa shape index (κ3) is 2.73. The van der Waals surface area contributed by atoms with E-state index in [0.717, 1.165) is 24.5 Å². The number of nitrogens with two attached hydrogens (primary N) is 1. The van der Waals surface area contributed by atoms with Crippen molar-refractivity contribution in [2.24, 2.45) is 0 Å². The van der Waals surface area contributed by atoms with Crippen molar-refractivity contribution in [3.8, 4) is 0 Å². The van der Waals surface area contributed by atoms with Gasteiger partial charge in [0.1, 0.15) is 0 Å². The Labute approximate surface area is 104 Å². The van der Waals surface area contributed by atoms with Crippen LogP contribution in [0.3, 0.4) is 0 Å². The highest BCUT2D eigenvalue weighted by molar-refractivity contribution is 7.99. The molecule has 1 aromatic carbocycles. The lowest BCUT2D eigenvalue weighted by Crippen LogP contribution is -2.30. The van der Waals surface area contributed by atoms with Crippen LogP contribution >= 0.6 is 11.8 Å². The molecule has 17 heavy (non-hydrogen) atoms. The van der Waals surface area contributed by atoms with E-state index < -0.39 is 0 Å². The second kappa shape index (κ2) is 5.42. The maximum Gasteiger partial charge on any atom is 0.340 e. The van der Waals surface area contributed by atoms with Crippen LogP contribution in [0.2, 0.25) is 0 Å². The van der Waals surface area contributed by atoms with Crippen molar-refractivity contribution >= 4 is 23.4 Å². The Hall–Kier alpha value is -1.20. The quantitative estimate of drug-likeness (QED) is 0.653. The van der Waals surface area contributed by atoms with Gasteiger partial charge in [-0.1, -0.05) is 12.1 Å². The molecule has 0 saturated carbocycles. The van der Waals surface area contributed by atoms with Gasteiger partial charge in [-0.05, 0) is 11.6 Å². The lowest BCUT2D eigenvalue weighted by Gasteiger charge is -2.25. The van der Waals surface area contributed by atoms with Crippen LogP contribution in [0.4, 0.5) is 5.69 Å². The molecule has 0 atom stereocenters. The predicted molar refractivity (Wildman–Crippen MR) is 68.1 cm³/mol. The molecule has 2 N–H and O–H groups in total. The van der Waals surface area contributed by atoms with Crippen molar-refractivity contribution in [1.29, 1.82) is 0 Å². The van der Waals surface area contributed by atoms with E-state index in [9.17, 15) is 4.79 Å². The number of rotatable bonds is 4. The molecular weight excluding hydrogens is 238 g/mol. The van der Waals surface area contributed by atoms with Crippen LogP contribution in [0.1, 0.15) is 15.9 Å². The summed E-state index contributed by atoms with van der Waals surface area (Å²) in [5, 5.41) is 0.530. The number of hydrogen-bond donors (Lipinski definition) is 1. The maximum absolute atomic E-state index is 11.6. The SMILES string of the molecule is COC(=O)c1c(N)cccc1CSC1COC1. The monoisotopic (exact) mass is 253 g/mol. The first-order chi connectivity index (χ1) is 8.22. The predicted octanol–water partition coefficient (Wildman–Crippen LogP) is 1.69. The number of nitrogen functional groups attached to an aromatic ring is 1. The number of anilines is 1. The minimum absolute atomic E-state index is 0.372. The first kappa shape index (κ1) is 12.3. The topological polar surface area (TPSA) is 61.5 Å². The molecule has 0 radical (unpaired) electrons. The van der Waals surface area contributed by atoms with E-state index in [0.29, 0.717) is 16.5 Å². The van der Waals surface area contributed by atoms with Crippen molar-refractivity contribution in [2.45, 2.75) is 11.0 Å². The Morgan fingerprint density at radius 1 is 1.59 bits per heavy atom. The molecule has 5 heteroatoms. The van der Waals surface area contributed by atoms with E-state index in [4.69, 9.17) is 15.2 Å². The summed E-state index contributed by atoms with van der Waals surface area (Å²) in [6, 6.07) is 5.48. The van der Waals surface area contributed by atoms with Crippen molar-refractivity contribution in [3.63, 3.8) is 0 Å². The molecule has 4 nitrogen and oxygen atoms in total. The molecule has 0 bridgehead atoms. The molecule has 1 aliphatic rings. The summed E-state index contributed by atoms with van der Waals surface area (Å²) >= 11 is 1.78. The maximum atomic E-state index is 11.6. The lowest BCUT2D eigenvalue weighted by molar-refractivity contribution is 0.0455. The lowest BCUT2D eigenvalue weighted by atomic mass is 10.1. The Morgan fingerprint density at radius 3 is 2.94 bits per heavy atom. The molecule has 2 rings (SSSR count). The summed E-state index contributed by atoms with van der Waals surface area (Å²) in [5.41, 5.74) is 7.70. The van der Waals surface area contributed by atoms with Crippen LogP contribution in [-0.4, -0.2) is 31.5 Å². The van der Waals surface area contributed by atoms with Crippen molar-refractivity contribution in [3.05, 3.63) is 29.3 Å². The van der Waals surface area contributed by atoms with Gasteiger partial charge in [0.15, 0.2) is 0 Å². The van der Waals surface area contributed by atoms with Gasteiger partial charge in [-0.25, -0.2) is 4.79 Å². The first-order valence-corrected chi connectivity index (χ1v) is 6.42. The van der Waals surface area contributed by atoms with Crippen LogP contribution in [0.25, 0.3) is 0 Å². The zero-order valence-electron chi connectivity index (χ0n) is 9.64. The van der Waals surface area contributed by atoms with Gasteiger partial charge in [-0.2, -0.15) is 0 Å². The van der Waals surface area contributed by atoms with Gasteiger partial charge in [-0.15, -0.1) is 11.8 Å². The number of ether oxygens (including phenoxy) is 2. The fraction of sp³-hybridized carbons (Fsp3) is 0.417. The second-order valence-electron chi connectivity index (χ2n) is 3.84. The van der Waals surface area contributed by atoms with E-state index in [1.165, 1.54) is 7.11 Å². The van der Waals surface area contributed by atoms with Gasteiger partial charge in [0.2, 0.25) is 0 Å². The largest absolute Gasteiger partial charge is 0.465 e. The minimum Gasteiger partial charge on any atom is -0.465 e. The summed E-state index contributed by atoms with van der Waals surface area (Å²) in [4.78, 5) is 11.6. The van der Waals surface area contributed by atoms with Crippen molar-refractivity contribution < 1.29 is 14.3 Å². The highest BCUT2D eigenvalue weighted by Crippen LogP contribution is 2.27. The fourth-order valence-corrected chi connectivity index (χ4v) is 2.65. The van der Waals surface area contributed by atoms with E-state index in [1.807, 2.05) is 12.1 Å². The third-order valence-electron chi connectivity index (χ3n) is 2.65. The van der Waals surface area contributed by atoms with E-state index in [1.54, 1.807) is 17.8 Å². The Balaban J connectivity index is 2.13. The zero-order valence-corrected chi connectivity index (χ0v) is 10.5. The summed E-state index contributed by atoms with van der Waals surface area (Å²) in [6.45, 7) is 1.58. The van der Waals surface area contributed by atoms with Gasteiger partial charge >= 0.3 is 5.97 Å². The standard InChI is InChI=1S/C12H15NO3S/c1-15-12(14)11-8(3-2-4-10(11)13)7-17-9-5-16-6-9/h2-4,9H,5-7,13H2,1H3. The normalized spacial score (nSPS) is 15.4. The van der Waals surface area contributed by atoms with Crippen LogP contribution in [0, 0.1) is 0 Å². The average molecular weight is 253 g/mol. The second-order valence-corrected chi connectivity index (χ2v) is 5.13. The highest BCUT2D eigenvalue weighted by Gasteiger charge is 2.21. The summed E-state index contributed by atoms with van der Waals surface area (Å²) < 4.78 is 9.86. The molecule has 1 aliphatic heterocycles. The molecule has 92 valence electrons. The van der Waals surface area contributed by atoms with Crippen LogP contribution in [0.15, 0.2) is 18.2 Å². The number of thioether (sulfide) groups is 1. The Morgan fingerprint density at radius 2 is 2.35 bits per heavy atom.